The Morgan fingerprint density at radius 3 is 1.80 bits per heavy atom. The SMILES string of the molecule is C=CP(Br)Br. The maximum Gasteiger partial charge on any atom is 0.0575 e. The van der Waals surface area contributed by atoms with Crippen molar-refractivity contribution in [3.63, 3.8) is 0 Å². The van der Waals surface area contributed by atoms with Crippen molar-refractivity contribution in [2.75, 3.05) is 0 Å². The maximum atomic E-state index is 3.50. The van der Waals surface area contributed by atoms with Gasteiger partial charge in [-0.25, -0.2) is 0 Å². The Hall–Kier alpha value is 1.13. The lowest BCUT2D eigenvalue weighted by Gasteiger charge is -1.78. The molecular weight excluding hydrogens is 215 g/mol. The molecule has 0 aromatic heterocycles. The third-order valence-corrected chi connectivity index (χ3v) is 2.15. The van der Waals surface area contributed by atoms with E-state index in [1.54, 1.807) is 0 Å². The standard InChI is InChI=1S/C2H3Br2P/c1-2-5(3)4/h2H,1H2. The smallest absolute Gasteiger partial charge is 0.0575 e. The summed E-state index contributed by atoms with van der Waals surface area (Å²) in [5.41, 5.74) is 0. The van der Waals surface area contributed by atoms with E-state index in [-0.39, 0.29) is 5.33 Å². The van der Waals surface area contributed by atoms with Crippen LogP contribution in [0.5, 0.6) is 0 Å². The number of rotatable bonds is 1. The van der Waals surface area contributed by atoms with Gasteiger partial charge in [-0.3, -0.25) is 0 Å². The Labute approximate surface area is 48.9 Å². The van der Waals surface area contributed by atoms with Crippen LogP contribution < -0.4 is 0 Å². The van der Waals surface area contributed by atoms with Crippen LogP contribution in [0.2, 0.25) is 0 Å². The van der Waals surface area contributed by atoms with Gasteiger partial charge in [0.1, 0.15) is 0 Å². The van der Waals surface area contributed by atoms with Crippen molar-refractivity contribution in [2.45, 2.75) is 0 Å². The minimum Gasteiger partial charge on any atom is -0.0970 e. The Bertz CT molecular complexity index is 34.6. The van der Waals surface area contributed by atoms with Gasteiger partial charge in [-0.05, 0) is 36.8 Å². The van der Waals surface area contributed by atoms with Gasteiger partial charge in [0.25, 0.3) is 0 Å². The normalized spacial score (nSPS) is 8.60. The minimum absolute atomic E-state index is 0.209. The lowest BCUT2D eigenvalue weighted by molar-refractivity contribution is 2.67. The van der Waals surface area contributed by atoms with Crippen molar-refractivity contribution in [1.29, 1.82) is 0 Å². The molecule has 0 aromatic rings. The molecule has 0 nitrogen and oxygen atoms in total. The van der Waals surface area contributed by atoms with Crippen LogP contribution in [0.25, 0.3) is 0 Å². The highest BCUT2D eigenvalue weighted by Crippen LogP contribution is 2.52. The van der Waals surface area contributed by atoms with Crippen LogP contribution in [-0.2, 0) is 0 Å². The van der Waals surface area contributed by atoms with Crippen molar-refractivity contribution >= 4 is 36.3 Å². The summed E-state index contributed by atoms with van der Waals surface area (Å²) in [6.45, 7) is 3.50. The fourth-order valence-electron chi connectivity index (χ4n) is 0. The van der Waals surface area contributed by atoms with Crippen LogP contribution >= 0.6 is 36.3 Å². The molecule has 0 spiro atoms. The fraction of sp³-hybridized carbons (Fsp3) is 0. The second kappa shape index (κ2) is 3.32. The molecule has 3 heteroatoms. The predicted octanol–water partition coefficient (Wildman–Crippen LogP) is 3.23. The summed E-state index contributed by atoms with van der Waals surface area (Å²) in [6, 6.07) is 0. The quantitative estimate of drug-likeness (QED) is 0.592. The van der Waals surface area contributed by atoms with E-state index in [0.29, 0.717) is 0 Å². The summed E-state index contributed by atoms with van der Waals surface area (Å²) in [5, 5.41) is -0.209. The summed E-state index contributed by atoms with van der Waals surface area (Å²) in [5.74, 6) is 1.81. The second-order valence-corrected chi connectivity index (χ2v) is 8.77. The molecular formula is C2H3Br2P. The van der Waals surface area contributed by atoms with E-state index >= 15 is 0 Å². The van der Waals surface area contributed by atoms with Gasteiger partial charge in [0.2, 0.25) is 0 Å². The first-order chi connectivity index (χ1) is 2.27. The third kappa shape index (κ3) is 5.13. The average molecular weight is 218 g/mol. The Morgan fingerprint density at radius 1 is 1.60 bits per heavy atom. The summed E-state index contributed by atoms with van der Waals surface area (Å²) in [4.78, 5) is 0. The van der Waals surface area contributed by atoms with E-state index in [9.17, 15) is 0 Å². The second-order valence-electron chi connectivity index (χ2n) is 0.442. The molecule has 0 aromatic carbocycles. The zero-order chi connectivity index (χ0) is 4.28. The van der Waals surface area contributed by atoms with Gasteiger partial charge in [-0.15, -0.1) is 0 Å². The average Bonchev–Trinajstić information content (AvgIpc) is 1.38. The molecule has 0 saturated heterocycles. The summed E-state index contributed by atoms with van der Waals surface area (Å²) >= 11 is 6.47. The summed E-state index contributed by atoms with van der Waals surface area (Å²) in [7, 11) is 0. The van der Waals surface area contributed by atoms with Gasteiger partial charge in [0.05, 0.1) is 5.33 Å². The molecule has 30 valence electrons. The van der Waals surface area contributed by atoms with E-state index in [1.165, 1.54) is 0 Å². The molecule has 0 N–H and O–H groups in total. The van der Waals surface area contributed by atoms with Crippen molar-refractivity contribution < 1.29 is 0 Å². The van der Waals surface area contributed by atoms with E-state index in [1.807, 2.05) is 5.82 Å². The first kappa shape index (κ1) is 6.13. The molecule has 0 atom stereocenters. The maximum absolute atomic E-state index is 3.50. The first-order valence-corrected chi connectivity index (χ1v) is 6.45. The van der Waals surface area contributed by atoms with Crippen LogP contribution in [0.15, 0.2) is 12.4 Å². The summed E-state index contributed by atoms with van der Waals surface area (Å²) in [6.07, 6.45) is 0. The van der Waals surface area contributed by atoms with Crippen molar-refractivity contribution in [1.82, 2.24) is 0 Å². The predicted molar refractivity (Wildman–Crippen MR) is 35.0 cm³/mol. The highest BCUT2D eigenvalue weighted by Gasteiger charge is 1.79. The van der Waals surface area contributed by atoms with Gasteiger partial charge in [0, 0.05) is 0 Å². The zero-order valence-corrected chi connectivity index (χ0v) is 6.55. The van der Waals surface area contributed by atoms with Crippen LogP contribution in [0.1, 0.15) is 0 Å². The van der Waals surface area contributed by atoms with Gasteiger partial charge < -0.3 is 0 Å². The first-order valence-electron chi connectivity index (χ1n) is 1.00. The van der Waals surface area contributed by atoms with Crippen molar-refractivity contribution in [3.8, 4) is 0 Å². The summed E-state index contributed by atoms with van der Waals surface area (Å²) < 4.78 is 0. The lowest BCUT2D eigenvalue weighted by Crippen LogP contribution is -1.17. The molecule has 0 heterocycles. The molecule has 5 heavy (non-hydrogen) atoms. The van der Waals surface area contributed by atoms with Crippen LogP contribution in [0.3, 0.4) is 0 Å². The Kier molecular flexibility index (Phi) is 4.08. The van der Waals surface area contributed by atoms with E-state index in [2.05, 4.69) is 37.6 Å². The van der Waals surface area contributed by atoms with Crippen LogP contribution in [0, 0.1) is 0 Å². The molecule has 0 fully saturated rings. The lowest BCUT2D eigenvalue weighted by atomic mass is 11.3. The number of hydrogen-bond donors (Lipinski definition) is 0. The highest BCUT2D eigenvalue weighted by atomic mass is 79.9. The largest absolute Gasteiger partial charge is 0.0970 e. The van der Waals surface area contributed by atoms with Crippen LogP contribution in [0.4, 0.5) is 0 Å². The van der Waals surface area contributed by atoms with E-state index in [0.717, 1.165) is 0 Å². The number of hydrogen-bond acceptors (Lipinski definition) is 0. The van der Waals surface area contributed by atoms with Gasteiger partial charge in [-0.1, -0.05) is 6.58 Å². The Morgan fingerprint density at radius 2 is 1.80 bits per heavy atom. The molecule has 0 amide bonds. The topological polar surface area (TPSA) is 0 Å². The molecule has 0 rings (SSSR count). The number of halogens is 2. The van der Waals surface area contributed by atoms with Gasteiger partial charge >= 0.3 is 0 Å². The molecule has 0 aliphatic heterocycles. The molecule has 0 aliphatic rings. The third-order valence-electron chi connectivity index (χ3n) is 0.138. The van der Waals surface area contributed by atoms with Crippen molar-refractivity contribution in [2.24, 2.45) is 0 Å². The molecule has 0 saturated carbocycles. The van der Waals surface area contributed by atoms with Crippen molar-refractivity contribution in [3.05, 3.63) is 12.4 Å². The fourth-order valence-corrected chi connectivity index (χ4v) is 0. The highest BCUT2D eigenvalue weighted by molar-refractivity contribution is 9.69. The molecule has 0 aliphatic carbocycles. The van der Waals surface area contributed by atoms with Gasteiger partial charge in [-0.2, -0.15) is 0 Å². The molecule has 0 unspecified atom stereocenters. The Balaban J connectivity index is 2.83. The van der Waals surface area contributed by atoms with E-state index in [4.69, 9.17) is 0 Å². The van der Waals surface area contributed by atoms with E-state index < -0.39 is 0 Å². The molecule has 0 radical (unpaired) electrons. The van der Waals surface area contributed by atoms with Crippen LogP contribution in [-0.4, -0.2) is 0 Å². The zero-order valence-electron chi connectivity index (χ0n) is 2.49. The molecule has 0 bridgehead atoms. The minimum atomic E-state index is -0.209. The van der Waals surface area contributed by atoms with Gasteiger partial charge in [0.15, 0.2) is 0 Å². The monoisotopic (exact) mass is 216 g/mol.